The van der Waals surface area contributed by atoms with Crippen molar-refractivity contribution in [1.29, 1.82) is 0 Å². The van der Waals surface area contributed by atoms with E-state index in [9.17, 15) is 9.90 Å². The average Bonchev–Trinajstić information content (AvgIpc) is 2.26. The number of hydrogen-bond donors (Lipinski definition) is 2. The predicted octanol–water partition coefficient (Wildman–Crippen LogP) is 2.36. The molecule has 5 heteroatoms. The maximum absolute atomic E-state index is 12.1. The molecule has 0 fully saturated rings. The lowest BCUT2D eigenvalue weighted by Crippen LogP contribution is -2.16. The molecule has 2 N–H and O–H groups in total. The summed E-state index contributed by atoms with van der Waals surface area (Å²) in [5.74, 6) is 0.133. The number of aromatic hydroxyl groups is 1. The van der Waals surface area contributed by atoms with E-state index in [1.54, 1.807) is 13.0 Å². The van der Waals surface area contributed by atoms with E-state index in [1.807, 2.05) is 19.9 Å². The van der Waals surface area contributed by atoms with Gasteiger partial charge < -0.3 is 5.11 Å². The first-order chi connectivity index (χ1) is 8.95. The van der Waals surface area contributed by atoms with Gasteiger partial charge in [0.05, 0.1) is 0 Å². The van der Waals surface area contributed by atoms with Gasteiger partial charge >= 0.3 is 0 Å². The van der Waals surface area contributed by atoms with E-state index in [0.29, 0.717) is 11.1 Å². The Hall–Kier alpha value is -2.43. The number of nitrogens with one attached hydrogen (secondary N) is 1. The number of aromatic nitrogens is 2. The minimum Gasteiger partial charge on any atom is -0.508 e. The topological polar surface area (TPSA) is 75.1 Å². The molecule has 1 heterocycles. The van der Waals surface area contributed by atoms with E-state index in [4.69, 9.17) is 0 Å². The SMILES string of the molecule is Cc1cc(C)nc(NC(=O)c2ccc(O)cc2C)n1. The van der Waals surface area contributed by atoms with E-state index >= 15 is 0 Å². The summed E-state index contributed by atoms with van der Waals surface area (Å²) in [6.07, 6.45) is 0. The van der Waals surface area contributed by atoms with Crippen LogP contribution in [0.15, 0.2) is 24.3 Å². The highest BCUT2D eigenvalue weighted by molar-refractivity contribution is 6.04. The second kappa shape index (κ2) is 5.06. The maximum atomic E-state index is 12.1. The minimum atomic E-state index is -0.289. The molecule has 0 spiro atoms. The van der Waals surface area contributed by atoms with Crippen LogP contribution in [0.3, 0.4) is 0 Å². The highest BCUT2D eigenvalue weighted by Gasteiger charge is 2.11. The van der Waals surface area contributed by atoms with Crippen molar-refractivity contribution in [2.45, 2.75) is 20.8 Å². The zero-order valence-corrected chi connectivity index (χ0v) is 11.1. The fourth-order valence-electron chi connectivity index (χ4n) is 1.85. The van der Waals surface area contributed by atoms with Crippen LogP contribution >= 0.6 is 0 Å². The molecule has 1 aromatic heterocycles. The summed E-state index contributed by atoms with van der Waals surface area (Å²) in [6.45, 7) is 5.45. The molecular formula is C14H15N3O2. The third kappa shape index (κ3) is 3.07. The number of carbonyl (C=O) groups is 1. The number of rotatable bonds is 2. The third-order valence-corrected chi connectivity index (χ3v) is 2.66. The van der Waals surface area contributed by atoms with Crippen molar-refractivity contribution in [3.05, 3.63) is 46.8 Å². The van der Waals surface area contributed by atoms with Crippen LogP contribution in [0.4, 0.5) is 5.95 Å². The number of benzene rings is 1. The second-order valence-corrected chi connectivity index (χ2v) is 4.43. The predicted molar refractivity (Wildman–Crippen MR) is 72.3 cm³/mol. The molecule has 0 saturated heterocycles. The number of anilines is 1. The Kier molecular flexibility index (Phi) is 3.46. The molecule has 98 valence electrons. The standard InChI is InChI=1S/C14H15N3O2/c1-8-6-11(18)4-5-12(8)13(19)17-14-15-9(2)7-10(3)16-14/h4-7,18H,1-3H3,(H,15,16,17,19). The zero-order valence-electron chi connectivity index (χ0n) is 11.1. The fraction of sp³-hybridized carbons (Fsp3) is 0.214. The van der Waals surface area contributed by atoms with Crippen LogP contribution in [0.1, 0.15) is 27.3 Å². The molecule has 0 aliphatic rings. The minimum absolute atomic E-state index is 0.136. The third-order valence-electron chi connectivity index (χ3n) is 2.66. The average molecular weight is 257 g/mol. The Morgan fingerprint density at radius 3 is 2.32 bits per heavy atom. The molecule has 0 radical (unpaired) electrons. The van der Waals surface area contributed by atoms with Gasteiger partial charge in [-0.15, -0.1) is 0 Å². The number of amides is 1. The van der Waals surface area contributed by atoms with Gasteiger partial charge in [-0.3, -0.25) is 10.1 Å². The van der Waals surface area contributed by atoms with Gasteiger partial charge in [-0.2, -0.15) is 0 Å². The lowest BCUT2D eigenvalue weighted by Gasteiger charge is -2.08. The van der Waals surface area contributed by atoms with Gasteiger partial charge in [0.2, 0.25) is 5.95 Å². The Morgan fingerprint density at radius 2 is 1.74 bits per heavy atom. The summed E-state index contributed by atoms with van der Waals surface area (Å²) in [7, 11) is 0. The number of nitrogens with zero attached hydrogens (tertiary/aromatic N) is 2. The second-order valence-electron chi connectivity index (χ2n) is 4.43. The number of carbonyl (C=O) groups excluding carboxylic acids is 1. The van der Waals surface area contributed by atoms with Gasteiger partial charge in [0, 0.05) is 17.0 Å². The van der Waals surface area contributed by atoms with E-state index in [0.717, 1.165) is 11.4 Å². The van der Waals surface area contributed by atoms with E-state index in [1.165, 1.54) is 12.1 Å². The van der Waals surface area contributed by atoms with Crippen LogP contribution in [0, 0.1) is 20.8 Å². The molecule has 0 aliphatic carbocycles. The summed E-state index contributed by atoms with van der Waals surface area (Å²) >= 11 is 0. The highest BCUT2D eigenvalue weighted by atomic mass is 16.3. The lowest BCUT2D eigenvalue weighted by molar-refractivity contribution is 0.102. The van der Waals surface area contributed by atoms with Crippen molar-refractivity contribution < 1.29 is 9.90 Å². The molecule has 0 bridgehead atoms. The van der Waals surface area contributed by atoms with Crippen LogP contribution in [0.2, 0.25) is 0 Å². The van der Waals surface area contributed by atoms with Crippen LogP contribution in [-0.2, 0) is 0 Å². The molecule has 2 aromatic rings. The van der Waals surface area contributed by atoms with Gasteiger partial charge in [-0.1, -0.05) is 0 Å². The van der Waals surface area contributed by atoms with E-state index < -0.39 is 0 Å². The number of phenolic OH excluding ortho intramolecular Hbond substituents is 1. The fourth-order valence-corrected chi connectivity index (χ4v) is 1.85. The molecule has 1 aromatic carbocycles. The van der Waals surface area contributed by atoms with Gasteiger partial charge in [-0.25, -0.2) is 9.97 Å². The molecule has 1 amide bonds. The molecule has 19 heavy (non-hydrogen) atoms. The maximum Gasteiger partial charge on any atom is 0.258 e. The molecule has 0 unspecified atom stereocenters. The molecule has 2 rings (SSSR count). The monoisotopic (exact) mass is 257 g/mol. The van der Waals surface area contributed by atoms with Crippen LogP contribution < -0.4 is 5.32 Å². The lowest BCUT2D eigenvalue weighted by atomic mass is 10.1. The summed E-state index contributed by atoms with van der Waals surface area (Å²) < 4.78 is 0. The number of aryl methyl sites for hydroxylation is 3. The normalized spacial score (nSPS) is 10.3. The Bertz CT molecular complexity index is 618. The largest absolute Gasteiger partial charge is 0.508 e. The van der Waals surface area contributed by atoms with Gasteiger partial charge in [0.25, 0.3) is 5.91 Å². The molecule has 0 aliphatic heterocycles. The van der Waals surface area contributed by atoms with Gasteiger partial charge in [0.1, 0.15) is 5.75 Å². The first-order valence-corrected chi connectivity index (χ1v) is 5.89. The van der Waals surface area contributed by atoms with Crippen LogP contribution in [0.5, 0.6) is 5.75 Å². The number of hydrogen-bond acceptors (Lipinski definition) is 4. The Morgan fingerprint density at radius 1 is 1.11 bits per heavy atom. The summed E-state index contributed by atoms with van der Waals surface area (Å²) in [5.41, 5.74) is 2.78. The summed E-state index contributed by atoms with van der Waals surface area (Å²) in [4.78, 5) is 20.4. The van der Waals surface area contributed by atoms with Crippen molar-refractivity contribution in [1.82, 2.24) is 9.97 Å². The summed E-state index contributed by atoms with van der Waals surface area (Å²) in [6, 6.07) is 6.42. The quantitative estimate of drug-likeness (QED) is 0.866. The van der Waals surface area contributed by atoms with Gasteiger partial charge in [0.15, 0.2) is 0 Å². The molecular weight excluding hydrogens is 242 g/mol. The van der Waals surface area contributed by atoms with Gasteiger partial charge in [-0.05, 0) is 50.6 Å². The molecule has 0 atom stereocenters. The van der Waals surface area contributed by atoms with Crippen molar-refractivity contribution >= 4 is 11.9 Å². The first kappa shape index (κ1) is 13.0. The summed E-state index contributed by atoms with van der Waals surface area (Å²) in [5, 5.41) is 12.0. The molecule has 0 saturated carbocycles. The van der Waals surface area contributed by atoms with Crippen molar-refractivity contribution in [3.8, 4) is 5.75 Å². The van der Waals surface area contributed by atoms with E-state index in [-0.39, 0.29) is 17.6 Å². The Labute approximate surface area is 111 Å². The van der Waals surface area contributed by atoms with E-state index in [2.05, 4.69) is 15.3 Å². The van der Waals surface area contributed by atoms with Crippen molar-refractivity contribution in [2.75, 3.05) is 5.32 Å². The molecule has 5 nitrogen and oxygen atoms in total. The van der Waals surface area contributed by atoms with Crippen LogP contribution in [-0.4, -0.2) is 21.0 Å². The van der Waals surface area contributed by atoms with Crippen LogP contribution in [0.25, 0.3) is 0 Å². The highest BCUT2D eigenvalue weighted by Crippen LogP contribution is 2.16. The first-order valence-electron chi connectivity index (χ1n) is 5.89. The smallest absolute Gasteiger partial charge is 0.258 e. The van der Waals surface area contributed by atoms with Crippen molar-refractivity contribution in [2.24, 2.45) is 0 Å². The zero-order chi connectivity index (χ0) is 14.0. The number of phenols is 1. The Balaban J connectivity index is 2.25. The van der Waals surface area contributed by atoms with Crippen molar-refractivity contribution in [3.63, 3.8) is 0 Å².